The van der Waals surface area contributed by atoms with Crippen molar-refractivity contribution in [3.63, 3.8) is 0 Å². The van der Waals surface area contributed by atoms with Crippen LogP contribution in [0.15, 0.2) is 30.3 Å². The van der Waals surface area contributed by atoms with Crippen LogP contribution in [-0.2, 0) is 20.9 Å². The quantitative estimate of drug-likeness (QED) is 0.730. The van der Waals surface area contributed by atoms with E-state index >= 15 is 0 Å². The second-order valence-corrected chi connectivity index (χ2v) is 3.99. The van der Waals surface area contributed by atoms with Crippen molar-refractivity contribution in [2.24, 2.45) is 0 Å². The van der Waals surface area contributed by atoms with Crippen molar-refractivity contribution in [3.05, 3.63) is 35.9 Å². The molecule has 2 rings (SSSR count). The average molecular weight is 220 g/mol. The Morgan fingerprint density at radius 3 is 2.75 bits per heavy atom. The molecule has 3 nitrogen and oxygen atoms in total. The molecule has 1 saturated heterocycles. The van der Waals surface area contributed by atoms with Crippen molar-refractivity contribution < 1.29 is 14.3 Å². The Kier molecular flexibility index (Phi) is 3.57. The van der Waals surface area contributed by atoms with Gasteiger partial charge < -0.3 is 9.47 Å². The maximum Gasteiger partial charge on any atom is 0.335 e. The first-order chi connectivity index (χ1) is 7.79. The molecule has 1 aromatic carbocycles. The number of hydrogen-bond acceptors (Lipinski definition) is 3. The van der Waals surface area contributed by atoms with E-state index in [-0.39, 0.29) is 18.2 Å². The van der Waals surface area contributed by atoms with Gasteiger partial charge in [-0.25, -0.2) is 4.79 Å². The Hall–Kier alpha value is -1.35. The lowest BCUT2D eigenvalue weighted by atomic mass is 10.1. The summed E-state index contributed by atoms with van der Waals surface area (Å²) in [6.45, 7) is 2.48. The number of carbonyl (C=O) groups is 1. The molecule has 1 aliphatic heterocycles. The zero-order valence-corrected chi connectivity index (χ0v) is 9.39. The monoisotopic (exact) mass is 220 g/mol. The van der Waals surface area contributed by atoms with E-state index < -0.39 is 0 Å². The standard InChI is InChI=1S/C13H16O3/c1-2-11-8-12(13(14)16-11)15-9-10-6-4-3-5-7-10/h3-7,11-12H,2,8-9H2,1H3/t11-,12-/m1/s1. The van der Waals surface area contributed by atoms with E-state index in [9.17, 15) is 4.79 Å². The molecule has 0 saturated carbocycles. The normalized spacial score (nSPS) is 24.4. The molecule has 0 spiro atoms. The highest BCUT2D eigenvalue weighted by molar-refractivity contribution is 5.76. The van der Waals surface area contributed by atoms with Crippen LogP contribution in [0.3, 0.4) is 0 Å². The lowest BCUT2D eigenvalue weighted by molar-refractivity contribution is -0.150. The van der Waals surface area contributed by atoms with E-state index in [1.807, 2.05) is 37.3 Å². The van der Waals surface area contributed by atoms with Crippen LogP contribution in [0.1, 0.15) is 25.3 Å². The number of cyclic esters (lactones) is 1. The van der Waals surface area contributed by atoms with Gasteiger partial charge in [0.15, 0.2) is 6.10 Å². The van der Waals surface area contributed by atoms with Crippen molar-refractivity contribution in [2.45, 2.75) is 38.6 Å². The Bertz CT molecular complexity index is 347. The van der Waals surface area contributed by atoms with Crippen LogP contribution >= 0.6 is 0 Å². The summed E-state index contributed by atoms with van der Waals surface area (Å²) in [5.41, 5.74) is 1.08. The predicted molar refractivity (Wildman–Crippen MR) is 59.8 cm³/mol. The van der Waals surface area contributed by atoms with E-state index in [0.717, 1.165) is 12.0 Å². The summed E-state index contributed by atoms with van der Waals surface area (Å²) in [4.78, 5) is 11.4. The Balaban J connectivity index is 1.85. The highest BCUT2D eigenvalue weighted by Gasteiger charge is 2.33. The minimum Gasteiger partial charge on any atom is -0.460 e. The van der Waals surface area contributed by atoms with Crippen molar-refractivity contribution in [2.75, 3.05) is 0 Å². The molecule has 86 valence electrons. The summed E-state index contributed by atoms with van der Waals surface area (Å²) < 4.78 is 10.7. The van der Waals surface area contributed by atoms with Crippen LogP contribution in [0.5, 0.6) is 0 Å². The molecular formula is C13H16O3. The van der Waals surface area contributed by atoms with Crippen LogP contribution in [-0.4, -0.2) is 18.2 Å². The lowest BCUT2D eigenvalue weighted by Crippen LogP contribution is -2.18. The number of hydrogen-bond donors (Lipinski definition) is 0. The van der Waals surface area contributed by atoms with Crippen molar-refractivity contribution in [1.29, 1.82) is 0 Å². The Morgan fingerprint density at radius 2 is 2.12 bits per heavy atom. The topological polar surface area (TPSA) is 35.5 Å². The maximum atomic E-state index is 11.4. The molecular weight excluding hydrogens is 204 g/mol. The van der Waals surface area contributed by atoms with E-state index in [2.05, 4.69) is 0 Å². The number of carbonyl (C=O) groups excluding carboxylic acids is 1. The molecule has 0 aliphatic carbocycles. The zero-order valence-electron chi connectivity index (χ0n) is 9.39. The van der Waals surface area contributed by atoms with Crippen LogP contribution in [0, 0.1) is 0 Å². The first-order valence-electron chi connectivity index (χ1n) is 5.65. The molecule has 1 heterocycles. The van der Waals surface area contributed by atoms with Gasteiger partial charge in [-0.1, -0.05) is 37.3 Å². The number of benzene rings is 1. The molecule has 1 fully saturated rings. The molecule has 0 amide bonds. The van der Waals surface area contributed by atoms with E-state index in [1.54, 1.807) is 0 Å². The first-order valence-corrected chi connectivity index (χ1v) is 5.65. The van der Waals surface area contributed by atoms with Crippen LogP contribution in [0.25, 0.3) is 0 Å². The van der Waals surface area contributed by atoms with Gasteiger partial charge in [0.25, 0.3) is 0 Å². The third-order valence-electron chi connectivity index (χ3n) is 2.77. The number of esters is 1. The fourth-order valence-corrected chi connectivity index (χ4v) is 1.78. The summed E-state index contributed by atoms with van der Waals surface area (Å²) in [5.74, 6) is -0.220. The summed E-state index contributed by atoms with van der Waals surface area (Å²) in [6, 6.07) is 9.84. The molecule has 16 heavy (non-hydrogen) atoms. The van der Waals surface area contributed by atoms with E-state index in [0.29, 0.717) is 13.0 Å². The SMILES string of the molecule is CC[C@@H]1C[C@@H](OCc2ccccc2)C(=O)O1. The zero-order chi connectivity index (χ0) is 11.4. The van der Waals surface area contributed by atoms with Crippen molar-refractivity contribution >= 4 is 5.97 Å². The van der Waals surface area contributed by atoms with Crippen LogP contribution < -0.4 is 0 Å². The van der Waals surface area contributed by atoms with Gasteiger partial charge in [-0.05, 0) is 12.0 Å². The third-order valence-corrected chi connectivity index (χ3v) is 2.77. The molecule has 0 N–H and O–H groups in total. The average Bonchev–Trinajstić information content (AvgIpc) is 2.69. The highest BCUT2D eigenvalue weighted by atomic mass is 16.6. The van der Waals surface area contributed by atoms with Gasteiger partial charge in [-0.2, -0.15) is 0 Å². The molecule has 0 radical (unpaired) electrons. The minimum atomic E-state index is -0.384. The van der Waals surface area contributed by atoms with Crippen LogP contribution in [0.2, 0.25) is 0 Å². The maximum absolute atomic E-state index is 11.4. The second-order valence-electron chi connectivity index (χ2n) is 3.99. The molecule has 2 atom stereocenters. The van der Waals surface area contributed by atoms with E-state index in [4.69, 9.17) is 9.47 Å². The molecule has 0 unspecified atom stereocenters. The van der Waals surface area contributed by atoms with Gasteiger partial charge in [0, 0.05) is 6.42 Å². The van der Waals surface area contributed by atoms with Crippen molar-refractivity contribution in [1.82, 2.24) is 0 Å². The third kappa shape index (κ3) is 2.61. The van der Waals surface area contributed by atoms with Crippen LogP contribution in [0.4, 0.5) is 0 Å². The molecule has 1 aromatic rings. The Morgan fingerprint density at radius 1 is 1.38 bits per heavy atom. The van der Waals surface area contributed by atoms with Gasteiger partial charge >= 0.3 is 5.97 Å². The van der Waals surface area contributed by atoms with E-state index in [1.165, 1.54) is 0 Å². The van der Waals surface area contributed by atoms with Gasteiger partial charge in [-0.15, -0.1) is 0 Å². The first kappa shape index (κ1) is 11.1. The van der Waals surface area contributed by atoms with Gasteiger partial charge in [-0.3, -0.25) is 0 Å². The summed E-state index contributed by atoms with van der Waals surface area (Å²) >= 11 is 0. The fraction of sp³-hybridized carbons (Fsp3) is 0.462. The largest absolute Gasteiger partial charge is 0.460 e. The second kappa shape index (κ2) is 5.12. The molecule has 1 aliphatic rings. The summed E-state index contributed by atoms with van der Waals surface area (Å²) in [6.07, 6.45) is 1.19. The molecule has 0 aromatic heterocycles. The predicted octanol–water partition coefficient (Wildman–Crippen LogP) is 2.30. The summed E-state index contributed by atoms with van der Waals surface area (Å²) in [7, 11) is 0. The number of rotatable bonds is 4. The molecule has 3 heteroatoms. The van der Waals surface area contributed by atoms with Gasteiger partial charge in [0.2, 0.25) is 0 Å². The Labute approximate surface area is 95.4 Å². The lowest BCUT2D eigenvalue weighted by Gasteiger charge is -2.07. The fourth-order valence-electron chi connectivity index (χ4n) is 1.78. The smallest absolute Gasteiger partial charge is 0.335 e. The molecule has 0 bridgehead atoms. The number of ether oxygens (including phenoxy) is 2. The summed E-state index contributed by atoms with van der Waals surface area (Å²) in [5, 5.41) is 0. The van der Waals surface area contributed by atoms with Gasteiger partial charge in [0.1, 0.15) is 6.10 Å². The van der Waals surface area contributed by atoms with Crippen molar-refractivity contribution in [3.8, 4) is 0 Å². The highest BCUT2D eigenvalue weighted by Crippen LogP contribution is 2.21. The minimum absolute atomic E-state index is 0.0354. The van der Waals surface area contributed by atoms with Gasteiger partial charge in [0.05, 0.1) is 6.61 Å².